The van der Waals surface area contributed by atoms with E-state index in [1.807, 2.05) is 25.1 Å². The highest BCUT2D eigenvalue weighted by atomic mass is 16.5. The zero-order chi connectivity index (χ0) is 13.2. The zero-order valence-electron chi connectivity index (χ0n) is 11.2. The molecule has 3 rings (SSSR count). The van der Waals surface area contributed by atoms with E-state index in [9.17, 15) is 0 Å². The molecule has 0 spiro atoms. The zero-order valence-corrected chi connectivity index (χ0v) is 11.2. The Morgan fingerprint density at radius 2 is 2.00 bits per heavy atom. The normalized spacial score (nSPS) is 16.7. The minimum Gasteiger partial charge on any atom is -0.399 e. The van der Waals surface area contributed by atoms with Crippen molar-refractivity contribution >= 4 is 5.69 Å². The molecule has 1 aliphatic rings. The largest absolute Gasteiger partial charge is 0.399 e. The molecule has 0 amide bonds. The molecule has 0 atom stereocenters. The maximum Gasteiger partial charge on any atom is 0.258 e. The Balaban J connectivity index is 1.87. The van der Waals surface area contributed by atoms with Crippen molar-refractivity contribution in [3.63, 3.8) is 0 Å². The monoisotopic (exact) mass is 257 g/mol. The van der Waals surface area contributed by atoms with Gasteiger partial charge in [-0.1, -0.05) is 24.4 Å². The van der Waals surface area contributed by atoms with Gasteiger partial charge in [0.1, 0.15) is 0 Å². The van der Waals surface area contributed by atoms with Crippen LogP contribution in [0.4, 0.5) is 5.69 Å². The number of nitrogens with two attached hydrogens (primary N) is 1. The van der Waals surface area contributed by atoms with Gasteiger partial charge in [0.2, 0.25) is 0 Å². The summed E-state index contributed by atoms with van der Waals surface area (Å²) in [5.74, 6) is 1.95. The van der Waals surface area contributed by atoms with Crippen molar-refractivity contribution in [2.24, 2.45) is 0 Å². The van der Waals surface area contributed by atoms with Crippen molar-refractivity contribution in [1.82, 2.24) is 10.1 Å². The molecule has 100 valence electrons. The number of benzene rings is 1. The third-order valence-corrected chi connectivity index (χ3v) is 3.89. The van der Waals surface area contributed by atoms with Gasteiger partial charge in [0.15, 0.2) is 5.82 Å². The van der Waals surface area contributed by atoms with Gasteiger partial charge < -0.3 is 10.3 Å². The van der Waals surface area contributed by atoms with E-state index < -0.39 is 0 Å². The van der Waals surface area contributed by atoms with Crippen LogP contribution < -0.4 is 5.73 Å². The summed E-state index contributed by atoms with van der Waals surface area (Å²) in [7, 11) is 0. The van der Waals surface area contributed by atoms with E-state index in [1.165, 1.54) is 32.1 Å². The molecule has 2 aromatic rings. The van der Waals surface area contributed by atoms with E-state index in [2.05, 4.69) is 10.1 Å². The fraction of sp³-hybridized carbons (Fsp3) is 0.467. The second-order valence-electron chi connectivity index (χ2n) is 5.37. The fourth-order valence-electron chi connectivity index (χ4n) is 2.80. The molecule has 1 saturated carbocycles. The first kappa shape index (κ1) is 12.2. The number of hydrogen-bond acceptors (Lipinski definition) is 4. The molecule has 0 radical (unpaired) electrons. The van der Waals surface area contributed by atoms with Crippen LogP contribution in [0.2, 0.25) is 0 Å². The SMILES string of the molecule is Cc1cc(N)ccc1-c1nc(C2CCCCC2)no1. The van der Waals surface area contributed by atoms with Crippen molar-refractivity contribution in [2.45, 2.75) is 44.9 Å². The summed E-state index contributed by atoms with van der Waals surface area (Å²) in [5, 5.41) is 4.16. The lowest BCUT2D eigenvalue weighted by Gasteiger charge is -2.17. The summed E-state index contributed by atoms with van der Waals surface area (Å²) in [6, 6.07) is 5.75. The first-order chi connectivity index (χ1) is 9.24. The molecule has 2 N–H and O–H groups in total. The number of aryl methyl sites for hydroxylation is 1. The number of aromatic nitrogens is 2. The molecule has 19 heavy (non-hydrogen) atoms. The summed E-state index contributed by atoms with van der Waals surface area (Å²) < 4.78 is 5.42. The van der Waals surface area contributed by atoms with Crippen molar-refractivity contribution in [3.8, 4) is 11.5 Å². The van der Waals surface area contributed by atoms with Gasteiger partial charge in [-0.15, -0.1) is 0 Å². The molecule has 4 heteroatoms. The number of anilines is 1. The third kappa shape index (κ3) is 2.48. The molecule has 1 aromatic heterocycles. The predicted octanol–water partition coefficient (Wildman–Crippen LogP) is 3.67. The number of hydrogen-bond donors (Lipinski definition) is 1. The maximum atomic E-state index is 5.76. The second kappa shape index (κ2) is 5.03. The Morgan fingerprint density at radius 3 is 2.74 bits per heavy atom. The second-order valence-corrected chi connectivity index (χ2v) is 5.37. The fourth-order valence-corrected chi connectivity index (χ4v) is 2.80. The molecule has 0 saturated heterocycles. The van der Waals surface area contributed by atoms with Crippen LogP contribution >= 0.6 is 0 Å². The topological polar surface area (TPSA) is 64.9 Å². The first-order valence-electron chi connectivity index (χ1n) is 6.94. The minimum atomic E-state index is 0.473. The Kier molecular flexibility index (Phi) is 3.23. The molecule has 4 nitrogen and oxygen atoms in total. The highest BCUT2D eigenvalue weighted by Crippen LogP contribution is 2.32. The van der Waals surface area contributed by atoms with Crippen molar-refractivity contribution in [2.75, 3.05) is 5.73 Å². The van der Waals surface area contributed by atoms with Crippen LogP contribution in [-0.4, -0.2) is 10.1 Å². The number of nitrogens with zero attached hydrogens (tertiary/aromatic N) is 2. The smallest absolute Gasteiger partial charge is 0.258 e. The van der Waals surface area contributed by atoms with E-state index in [0.717, 1.165) is 22.6 Å². The summed E-state index contributed by atoms with van der Waals surface area (Å²) in [5.41, 5.74) is 8.56. The van der Waals surface area contributed by atoms with Crippen molar-refractivity contribution in [1.29, 1.82) is 0 Å². The third-order valence-electron chi connectivity index (χ3n) is 3.89. The quantitative estimate of drug-likeness (QED) is 0.833. The van der Waals surface area contributed by atoms with Gasteiger partial charge in [-0.2, -0.15) is 4.98 Å². The average Bonchev–Trinajstić information content (AvgIpc) is 2.89. The van der Waals surface area contributed by atoms with Gasteiger partial charge in [-0.25, -0.2) is 0 Å². The van der Waals surface area contributed by atoms with Crippen LogP contribution in [0, 0.1) is 6.92 Å². The van der Waals surface area contributed by atoms with Crippen LogP contribution in [0.5, 0.6) is 0 Å². The van der Waals surface area contributed by atoms with E-state index in [1.54, 1.807) is 0 Å². The Hall–Kier alpha value is -1.84. The van der Waals surface area contributed by atoms with Gasteiger partial charge in [0, 0.05) is 17.2 Å². The highest BCUT2D eigenvalue weighted by molar-refractivity contribution is 5.62. The average molecular weight is 257 g/mol. The summed E-state index contributed by atoms with van der Waals surface area (Å²) in [4.78, 5) is 4.58. The minimum absolute atomic E-state index is 0.473. The summed E-state index contributed by atoms with van der Waals surface area (Å²) in [6.07, 6.45) is 6.24. The predicted molar refractivity (Wildman–Crippen MR) is 74.7 cm³/mol. The maximum absolute atomic E-state index is 5.76. The highest BCUT2D eigenvalue weighted by Gasteiger charge is 2.21. The van der Waals surface area contributed by atoms with Crippen molar-refractivity contribution in [3.05, 3.63) is 29.6 Å². The molecular formula is C15H19N3O. The molecule has 1 aromatic carbocycles. The van der Waals surface area contributed by atoms with Gasteiger partial charge in [0.05, 0.1) is 0 Å². The lowest BCUT2D eigenvalue weighted by Crippen LogP contribution is -2.06. The lowest BCUT2D eigenvalue weighted by molar-refractivity contribution is 0.385. The van der Waals surface area contributed by atoms with Gasteiger partial charge in [0.25, 0.3) is 5.89 Å². The van der Waals surface area contributed by atoms with Gasteiger partial charge in [-0.05, 0) is 43.5 Å². The molecule has 1 heterocycles. The summed E-state index contributed by atoms with van der Waals surface area (Å²) >= 11 is 0. The van der Waals surface area contributed by atoms with Crippen LogP contribution in [-0.2, 0) is 0 Å². The Morgan fingerprint density at radius 1 is 1.21 bits per heavy atom. The molecule has 0 aliphatic heterocycles. The summed E-state index contributed by atoms with van der Waals surface area (Å²) in [6.45, 7) is 2.01. The van der Waals surface area contributed by atoms with E-state index in [-0.39, 0.29) is 0 Å². The van der Waals surface area contributed by atoms with Crippen LogP contribution in [0.25, 0.3) is 11.5 Å². The molecular weight excluding hydrogens is 238 g/mol. The van der Waals surface area contributed by atoms with Gasteiger partial charge in [-0.3, -0.25) is 0 Å². The van der Waals surface area contributed by atoms with Crippen LogP contribution in [0.15, 0.2) is 22.7 Å². The van der Waals surface area contributed by atoms with Crippen LogP contribution in [0.1, 0.15) is 49.4 Å². The molecule has 0 unspecified atom stereocenters. The van der Waals surface area contributed by atoms with E-state index in [4.69, 9.17) is 10.3 Å². The molecule has 1 fully saturated rings. The number of rotatable bonds is 2. The molecule has 0 bridgehead atoms. The first-order valence-corrected chi connectivity index (χ1v) is 6.94. The Labute approximate surface area is 113 Å². The van der Waals surface area contributed by atoms with Crippen LogP contribution in [0.3, 0.4) is 0 Å². The van der Waals surface area contributed by atoms with Crippen molar-refractivity contribution < 1.29 is 4.52 Å². The van der Waals surface area contributed by atoms with E-state index in [0.29, 0.717) is 11.8 Å². The Bertz CT molecular complexity index is 571. The molecule has 1 aliphatic carbocycles. The van der Waals surface area contributed by atoms with Gasteiger partial charge >= 0.3 is 0 Å². The number of nitrogen functional groups attached to an aromatic ring is 1. The van der Waals surface area contributed by atoms with E-state index >= 15 is 0 Å². The lowest BCUT2D eigenvalue weighted by atomic mass is 9.89. The standard InChI is InChI=1S/C15H19N3O/c1-10-9-12(16)7-8-13(10)15-17-14(18-19-15)11-5-3-2-4-6-11/h7-9,11H,2-6,16H2,1H3.